The van der Waals surface area contributed by atoms with Crippen molar-refractivity contribution >= 4 is 0 Å². The van der Waals surface area contributed by atoms with Crippen LogP contribution in [-0.4, -0.2) is 0 Å². The Bertz CT molecular complexity index is 142. The van der Waals surface area contributed by atoms with Gasteiger partial charge in [0, 0.05) is 0 Å². The third-order valence-corrected chi connectivity index (χ3v) is 3.97. The number of rotatable bonds is 10. The molecule has 0 rings (SSSR count). The molecule has 0 heteroatoms. The van der Waals surface area contributed by atoms with Gasteiger partial charge in [0.1, 0.15) is 0 Å². The average molecular weight is 226 g/mol. The molecule has 0 aromatic heterocycles. The van der Waals surface area contributed by atoms with Gasteiger partial charge in [0.2, 0.25) is 0 Å². The van der Waals surface area contributed by atoms with Gasteiger partial charge >= 0.3 is 0 Å². The van der Waals surface area contributed by atoms with Crippen molar-refractivity contribution in [3.8, 4) is 0 Å². The van der Waals surface area contributed by atoms with Crippen LogP contribution < -0.4 is 0 Å². The largest absolute Gasteiger partial charge is 0.0654 e. The fraction of sp³-hybridized carbons (Fsp3) is 1.00. The van der Waals surface area contributed by atoms with E-state index in [9.17, 15) is 0 Å². The fourth-order valence-corrected chi connectivity index (χ4v) is 3.10. The van der Waals surface area contributed by atoms with Gasteiger partial charge in [-0.3, -0.25) is 0 Å². The minimum Gasteiger partial charge on any atom is -0.0654 e. The SMILES string of the molecule is CCCC(C)CCCC(C)(CCC)CCC. The van der Waals surface area contributed by atoms with Crippen LogP contribution in [-0.2, 0) is 0 Å². The minimum absolute atomic E-state index is 0.634. The molecule has 0 aromatic carbocycles. The molecule has 0 fully saturated rings. The van der Waals surface area contributed by atoms with Gasteiger partial charge < -0.3 is 0 Å². The Morgan fingerprint density at radius 1 is 0.812 bits per heavy atom. The Morgan fingerprint density at radius 3 is 1.81 bits per heavy atom. The van der Waals surface area contributed by atoms with E-state index in [1.165, 1.54) is 57.8 Å². The summed E-state index contributed by atoms with van der Waals surface area (Å²) in [4.78, 5) is 0. The van der Waals surface area contributed by atoms with Gasteiger partial charge in [-0.15, -0.1) is 0 Å². The van der Waals surface area contributed by atoms with E-state index in [0.29, 0.717) is 5.41 Å². The van der Waals surface area contributed by atoms with Crippen LogP contribution in [0.25, 0.3) is 0 Å². The zero-order valence-corrected chi connectivity index (χ0v) is 12.4. The third-order valence-electron chi connectivity index (χ3n) is 3.97. The summed E-state index contributed by atoms with van der Waals surface area (Å²) in [6.07, 6.45) is 12.6. The van der Waals surface area contributed by atoms with E-state index in [4.69, 9.17) is 0 Å². The quantitative estimate of drug-likeness (QED) is 0.416. The predicted octanol–water partition coefficient (Wildman–Crippen LogP) is 6.20. The molecule has 0 radical (unpaired) electrons. The zero-order valence-electron chi connectivity index (χ0n) is 12.4. The maximum Gasteiger partial charge on any atom is -0.0326 e. The second-order valence-corrected chi connectivity index (χ2v) is 6.10. The second-order valence-electron chi connectivity index (χ2n) is 6.10. The fourth-order valence-electron chi connectivity index (χ4n) is 3.10. The molecule has 0 aliphatic rings. The van der Waals surface area contributed by atoms with Crippen LogP contribution >= 0.6 is 0 Å². The van der Waals surface area contributed by atoms with Crippen molar-refractivity contribution < 1.29 is 0 Å². The summed E-state index contributed by atoms with van der Waals surface area (Å²) in [5.74, 6) is 0.942. The highest BCUT2D eigenvalue weighted by Crippen LogP contribution is 2.35. The van der Waals surface area contributed by atoms with E-state index >= 15 is 0 Å². The molecule has 0 heterocycles. The first-order chi connectivity index (χ1) is 7.58. The maximum atomic E-state index is 2.50. The van der Waals surface area contributed by atoms with Crippen LogP contribution in [0.3, 0.4) is 0 Å². The lowest BCUT2D eigenvalue weighted by molar-refractivity contribution is 0.229. The molecule has 0 bridgehead atoms. The Kier molecular flexibility index (Phi) is 9.07. The molecule has 98 valence electrons. The van der Waals surface area contributed by atoms with Crippen LogP contribution in [0.15, 0.2) is 0 Å². The molecular formula is C16H34. The average Bonchev–Trinajstić information content (AvgIpc) is 2.18. The lowest BCUT2D eigenvalue weighted by atomic mass is 9.76. The first-order valence-corrected chi connectivity index (χ1v) is 7.58. The normalized spacial score (nSPS) is 14.1. The highest BCUT2D eigenvalue weighted by Gasteiger charge is 2.21. The van der Waals surface area contributed by atoms with Gasteiger partial charge in [-0.25, -0.2) is 0 Å². The molecule has 0 spiro atoms. The van der Waals surface area contributed by atoms with Gasteiger partial charge in [0.05, 0.1) is 0 Å². The van der Waals surface area contributed by atoms with Crippen molar-refractivity contribution in [1.29, 1.82) is 0 Å². The lowest BCUT2D eigenvalue weighted by Gasteiger charge is -2.29. The van der Waals surface area contributed by atoms with Crippen molar-refractivity contribution in [3.63, 3.8) is 0 Å². The van der Waals surface area contributed by atoms with E-state index in [2.05, 4.69) is 34.6 Å². The molecular weight excluding hydrogens is 192 g/mol. The second kappa shape index (κ2) is 9.07. The Labute approximate surface area is 104 Å². The van der Waals surface area contributed by atoms with Gasteiger partial charge in [0.15, 0.2) is 0 Å². The molecule has 0 aliphatic carbocycles. The van der Waals surface area contributed by atoms with Crippen molar-refractivity contribution in [1.82, 2.24) is 0 Å². The molecule has 0 N–H and O–H groups in total. The smallest absolute Gasteiger partial charge is 0.0326 e. The predicted molar refractivity (Wildman–Crippen MR) is 75.8 cm³/mol. The summed E-state index contributed by atoms with van der Waals surface area (Å²) >= 11 is 0. The first kappa shape index (κ1) is 16.0. The summed E-state index contributed by atoms with van der Waals surface area (Å²) < 4.78 is 0. The van der Waals surface area contributed by atoms with E-state index in [-0.39, 0.29) is 0 Å². The standard InChI is InChI=1S/C16H34/c1-6-10-15(4)11-9-14-16(5,12-7-2)13-8-3/h15H,6-14H2,1-5H3. The van der Waals surface area contributed by atoms with Crippen molar-refractivity contribution in [2.24, 2.45) is 11.3 Å². The highest BCUT2D eigenvalue weighted by molar-refractivity contribution is 4.73. The molecule has 1 unspecified atom stereocenters. The van der Waals surface area contributed by atoms with E-state index in [1.54, 1.807) is 0 Å². The van der Waals surface area contributed by atoms with Gasteiger partial charge in [-0.1, -0.05) is 73.1 Å². The summed E-state index contributed by atoms with van der Waals surface area (Å²) in [5.41, 5.74) is 0.634. The van der Waals surface area contributed by atoms with E-state index in [0.717, 1.165) is 5.92 Å². The Balaban J connectivity index is 3.83. The molecule has 0 aliphatic heterocycles. The molecule has 16 heavy (non-hydrogen) atoms. The third kappa shape index (κ3) is 7.30. The summed E-state index contributed by atoms with van der Waals surface area (Å²) in [5, 5.41) is 0. The van der Waals surface area contributed by atoms with Crippen molar-refractivity contribution in [2.45, 2.75) is 92.4 Å². The number of hydrogen-bond acceptors (Lipinski definition) is 0. The van der Waals surface area contributed by atoms with Crippen LogP contribution in [0, 0.1) is 11.3 Å². The Morgan fingerprint density at radius 2 is 1.38 bits per heavy atom. The highest BCUT2D eigenvalue weighted by atomic mass is 14.3. The molecule has 0 aromatic rings. The lowest BCUT2D eigenvalue weighted by Crippen LogP contribution is -2.16. The van der Waals surface area contributed by atoms with E-state index < -0.39 is 0 Å². The van der Waals surface area contributed by atoms with E-state index in [1.807, 2.05) is 0 Å². The summed E-state index contributed by atoms with van der Waals surface area (Å²) in [7, 11) is 0. The Hall–Kier alpha value is 0. The van der Waals surface area contributed by atoms with Crippen molar-refractivity contribution in [2.75, 3.05) is 0 Å². The first-order valence-electron chi connectivity index (χ1n) is 7.58. The van der Waals surface area contributed by atoms with Crippen LogP contribution in [0.1, 0.15) is 92.4 Å². The molecule has 0 saturated carbocycles. The van der Waals surface area contributed by atoms with Crippen LogP contribution in [0.4, 0.5) is 0 Å². The van der Waals surface area contributed by atoms with Gasteiger partial charge in [-0.05, 0) is 30.6 Å². The topological polar surface area (TPSA) is 0 Å². The van der Waals surface area contributed by atoms with Crippen LogP contribution in [0.2, 0.25) is 0 Å². The number of hydrogen-bond donors (Lipinski definition) is 0. The zero-order chi connectivity index (χ0) is 12.4. The molecule has 1 atom stereocenters. The van der Waals surface area contributed by atoms with Crippen LogP contribution in [0.5, 0.6) is 0 Å². The minimum atomic E-state index is 0.634. The summed E-state index contributed by atoms with van der Waals surface area (Å²) in [6.45, 7) is 11.9. The maximum absolute atomic E-state index is 2.50. The summed E-state index contributed by atoms with van der Waals surface area (Å²) in [6, 6.07) is 0. The monoisotopic (exact) mass is 226 g/mol. The molecule has 0 nitrogen and oxygen atoms in total. The van der Waals surface area contributed by atoms with Crippen molar-refractivity contribution in [3.05, 3.63) is 0 Å². The van der Waals surface area contributed by atoms with Gasteiger partial charge in [0.25, 0.3) is 0 Å². The molecule has 0 saturated heterocycles. The van der Waals surface area contributed by atoms with Gasteiger partial charge in [-0.2, -0.15) is 0 Å². The molecule has 0 amide bonds.